The monoisotopic (exact) mass is 286 g/mol. The first-order valence-corrected chi connectivity index (χ1v) is 7.44. The van der Waals surface area contributed by atoms with Crippen molar-refractivity contribution < 1.29 is 9.59 Å². The molecular formula is C17H22N2O2. The molecule has 0 saturated carbocycles. The highest BCUT2D eigenvalue weighted by Gasteiger charge is 2.22. The van der Waals surface area contributed by atoms with Crippen LogP contribution in [0.25, 0.3) is 0 Å². The third-order valence-electron chi connectivity index (χ3n) is 3.70. The van der Waals surface area contributed by atoms with Crippen LogP contribution in [-0.4, -0.2) is 17.9 Å². The van der Waals surface area contributed by atoms with Crippen molar-refractivity contribution in [2.75, 3.05) is 0 Å². The summed E-state index contributed by atoms with van der Waals surface area (Å²) in [5, 5.41) is 5.64. The lowest BCUT2D eigenvalue weighted by molar-refractivity contribution is -0.131. The van der Waals surface area contributed by atoms with Gasteiger partial charge >= 0.3 is 0 Å². The molecule has 0 saturated heterocycles. The fraction of sp³-hybridized carbons (Fsp3) is 0.412. The minimum Gasteiger partial charge on any atom is -0.350 e. The first-order valence-electron chi connectivity index (χ1n) is 7.44. The molecular weight excluding hydrogens is 264 g/mol. The maximum absolute atomic E-state index is 12.1. The molecule has 0 heterocycles. The number of carbonyl (C=O) groups is 2. The van der Waals surface area contributed by atoms with Crippen molar-refractivity contribution in [1.29, 1.82) is 0 Å². The largest absolute Gasteiger partial charge is 0.350 e. The Hall–Kier alpha value is -2.10. The van der Waals surface area contributed by atoms with E-state index in [-0.39, 0.29) is 17.7 Å². The highest BCUT2D eigenvalue weighted by molar-refractivity contribution is 5.88. The Bertz CT molecular complexity index is 511. The Morgan fingerprint density at radius 3 is 2.67 bits per heavy atom. The predicted octanol–water partition coefficient (Wildman–Crippen LogP) is 2.16. The summed E-state index contributed by atoms with van der Waals surface area (Å²) in [6.45, 7) is 2.20. The molecule has 0 fully saturated rings. The predicted molar refractivity (Wildman–Crippen MR) is 82.4 cm³/mol. The van der Waals surface area contributed by atoms with Crippen LogP contribution in [0.2, 0.25) is 0 Å². The van der Waals surface area contributed by atoms with Crippen molar-refractivity contribution in [3.63, 3.8) is 0 Å². The zero-order valence-electron chi connectivity index (χ0n) is 12.3. The summed E-state index contributed by atoms with van der Waals surface area (Å²) in [5.74, 6) is -0.181. The van der Waals surface area contributed by atoms with Gasteiger partial charge < -0.3 is 10.6 Å². The summed E-state index contributed by atoms with van der Waals surface area (Å²) in [6, 6.07) is 9.21. The molecule has 1 aliphatic rings. The lowest BCUT2D eigenvalue weighted by atomic mass is 9.93. The molecule has 0 unspecified atom stereocenters. The van der Waals surface area contributed by atoms with Gasteiger partial charge in [-0.05, 0) is 31.7 Å². The molecule has 1 aromatic carbocycles. The summed E-state index contributed by atoms with van der Waals surface area (Å²) < 4.78 is 0. The molecule has 0 aromatic heterocycles. The van der Waals surface area contributed by atoms with E-state index in [4.69, 9.17) is 0 Å². The average Bonchev–Trinajstić information content (AvgIpc) is 2.54. The van der Waals surface area contributed by atoms with Crippen LogP contribution in [0.15, 0.2) is 42.5 Å². The number of hydrogen-bond donors (Lipinski definition) is 2. The van der Waals surface area contributed by atoms with E-state index in [0.29, 0.717) is 6.54 Å². The van der Waals surface area contributed by atoms with Gasteiger partial charge in [0.25, 0.3) is 0 Å². The van der Waals surface area contributed by atoms with Crippen molar-refractivity contribution in [2.24, 2.45) is 5.92 Å². The van der Waals surface area contributed by atoms with Crippen molar-refractivity contribution in [1.82, 2.24) is 10.6 Å². The van der Waals surface area contributed by atoms with Gasteiger partial charge in [0.1, 0.15) is 6.04 Å². The number of benzene rings is 1. The lowest BCUT2D eigenvalue weighted by Crippen LogP contribution is -2.46. The Morgan fingerprint density at radius 1 is 1.24 bits per heavy atom. The zero-order chi connectivity index (χ0) is 15.1. The second kappa shape index (κ2) is 7.62. The fourth-order valence-electron chi connectivity index (χ4n) is 2.37. The van der Waals surface area contributed by atoms with Gasteiger partial charge in [0.05, 0.1) is 0 Å². The Labute approximate surface area is 125 Å². The van der Waals surface area contributed by atoms with E-state index in [1.54, 1.807) is 6.92 Å². The van der Waals surface area contributed by atoms with Gasteiger partial charge in [-0.1, -0.05) is 42.5 Å². The Kier molecular flexibility index (Phi) is 5.55. The molecule has 0 aliphatic heterocycles. The third-order valence-corrected chi connectivity index (χ3v) is 3.70. The van der Waals surface area contributed by atoms with Crippen LogP contribution in [0.1, 0.15) is 31.7 Å². The van der Waals surface area contributed by atoms with Gasteiger partial charge in [-0.15, -0.1) is 0 Å². The van der Waals surface area contributed by atoms with Crippen molar-refractivity contribution in [3.8, 4) is 0 Å². The molecule has 2 amide bonds. The normalized spacial score (nSPS) is 18.8. The molecule has 4 heteroatoms. The number of amides is 2. The average molecular weight is 286 g/mol. The van der Waals surface area contributed by atoms with Crippen LogP contribution in [0.5, 0.6) is 0 Å². The van der Waals surface area contributed by atoms with E-state index in [1.165, 1.54) is 0 Å². The van der Waals surface area contributed by atoms with E-state index in [1.807, 2.05) is 36.4 Å². The summed E-state index contributed by atoms with van der Waals surface area (Å²) in [6.07, 6.45) is 6.70. The third kappa shape index (κ3) is 4.74. The van der Waals surface area contributed by atoms with Crippen molar-refractivity contribution in [2.45, 2.75) is 38.8 Å². The number of rotatable bonds is 5. The van der Waals surface area contributed by atoms with Crippen LogP contribution >= 0.6 is 0 Å². The summed E-state index contributed by atoms with van der Waals surface area (Å²) >= 11 is 0. The van der Waals surface area contributed by atoms with Crippen LogP contribution in [-0.2, 0) is 16.1 Å². The summed E-state index contributed by atoms with van der Waals surface area (Å²) in [7, 11) is 0. The first kappa shape index (κ1) is 15.3. The number of nitrogens with one attached hydrogen (secondary N) is 2. The van der Waals surface area contributed by atoms with Gasteiger partial charge in [-0.3, -0.25) is 9.59 Å². The second-order valence-corrected chi connectivity index (χ2v) is 5.42. The highest BCUT2D eigenvalue weighted by Crippen LogP contribution is 2.18. The molecule has 2 atom stereocenters. The van der Waals surface area contributed by atoms with Crippen LogP contribution in [0.3, 0.4) is 0 Å². The molecule has 112 valence electrons. The van der Waals surface area contributed by atoms with Crippen LogP contribution in [0.4, 0.5) is 0 Å². The van der Waals surface area contributed by atoms with E-state index < -0.39 is 6.04 Å². The molecule has 2 rings (SSSR count). The molecule has 1 aromatic rings. The molecule has 1 aliphatic carbocycles. The standard InChI is InChI=1S/C17H22N2O2/c1-13(19-17(21)15-10-6-3-7-11-15)16(20)18-12-14-8-4-2-5-9-14/h2-6,8-9,13,15H,7,10-12H2,1H3,(H,18,20)(H,19,21)/t13-,15-/m0/s1. The SMILES string of the molecule is C[C@H](NC(=O)[C@H]1CC=CCC1)C(=O)NCc1ccccc1. The topological polar surface area (TPSA) is 58.2 Å². The molecule has 21 heavy (non-hydrogen) atoms. The van der Waals surface area contributed by atoms with E-state index >= 15 is 0 Å². The summed E-state index contributed by atoms with van der Waals surface area (Å²) in [5.41, 5.74) is 1.04. The van der Waals surface area contributed by atoms with Gasteiger partial charge in [-0.2, -0.15) is 0 Å². The fourth-order valence-corrected chi connectivity index (χ4v) is 2.37. The molecule has 4 nitrogen and oxygen atoms in total. The van der Waals surface area contributed by atoms with Gasteiger partial charge in [0.15, 0.2) is 0 Å². The molecule has 2 N–H and O–H groups in total. The molecule has 0 bridgehead atoms. The molecule has 0 spiro atoms. The maximum Gasteiger partial charge on any atom is 0.242 e. The number of allylic oxidation sites excluding steroid dienone is 2. The molecule has 0 radical (unpaired) electrons. The van der Waals surface area contributed by atoms with Crippen molar-refractivity contribution >= 4 is 11.8 Å². The lowest BCUT2D eigenvalue weighted by Gasteiger charge is -2.20. The van der Waals surface area contributed by atoms with E-state index in [0.717, 1.165) is 24.8 Å². The number of carbonyl (C=O) groups excluding carboxylic acids is 2. The zero-order valence-corrected chi connectivity index (χ0v) is 12.3. The van der Waals surface area contributed by atoms with Gasteiger partial charge in [0, 0.05) is 12.5 Å². The van der Waals surface area contributed by atoms with Crippen LogP contribution < -0.4 is 10.6 Å². The van der Waals surface area contributed by atoms with Gasteiger partial charge in [0.2, 0.25) is 11.8 Å². The highest BCUT2D eigenvalue weighted by atomic mass is 16.2. The van der Waals surface area contributed by atoms with Crippen molar-refractivity contribution in [3.05, 3.63) is 48.0 Å². The minimum atomic E-state index is -0.507. The first-order chi connectivity index (χ1) is 10.2. The van der Waals surface area contributed by atoms with Gasteiger partial charge in [-0.25, -0.2) is 0 Å². The minimum absolute atomic E-state index is 0.000580. The number of hydrogen-bond acceptors (Lipinski definition) is 2. The smallest absolute Gasteiger partial charge is 0.242 e. The summed E-state index contributed by atoms with van der Waals surface area (Å²) in [4.78, 5) is 24.1. The Morgan fingerprint density at radius 2 is 2.00 bits per heavy atom. The van der Waals surface area contributed by atoms with E-state index in [2.05, 4.69) is 16.7 Å². The van der Waals surface area contributed by atoms with E-state index in [9.17, 15) is 9.59 Å². The Balaban J connectivity index is 1.76. The van der Waals surface area contributed by atoms with Crippen LogP contribution in [0, 0.1) is 5.92 Å². The quantitative estimate of drug-likeness (QED) is 0.815. The second-order valence-electron chi connectivity index (χ2n) is 5.42. The maximum atomic E-state index is 12.1.